The van der Waals surface area contributed by atoms with E-state index in [1.807, 2.05) is 0 Å². The van der Waals surface area contributed by atoms with Crippen LogP contribution in [0.2, 0.25) is 0 Å². The molecule has 0 spiro atoms. The molecule has 21 heavy (non-hydrogen) atoms. The van der Waals surface area contributed by atoms with Crippen LogP contribution in [0.3, 0.4) is 0 Å². The van der Waals surface area contributed by atoms with E-state index < -0.39 is 29.0 Å². The second-order valence-electron chi connectivity index (χ2n) is 4.48. The van der Waals surface area contributed by atoms with E-state index in [0.29, 0.717) is 11.6 Å². The Morgan fingerprint density at radius 3 is 2.43 bits per heavy atom. The van der Waals surface area contributed by atoms with E-state index in [-0.39, 0.29) is 5.56 Å². The maximum Gasteiger partial charge on any atom is 0.256 e. The van der Waals surface area contributed by atoms with E-state index in [1.54, 1.807) is 32.2 Å². The van der Waals surface area contributed by atoms with E-state index in [2.05, 4.69) is 10.6 Å². The molecule has 110 valence electrons. The van der Waals surface area contributed by atoms with Gasteiger partial charge in [-0.2, -0.15) is 0 Å². The molecule has 0 radical (unpaired) electrons. The Balaban J connectivity index is 2.30. The third-order valence-electron chi connectivity index (χ3n) is 3.00. The number of benzene rings is 2. The molecule has 0 bridgehead atoms. The number of carbonyl (C=O) groups is 1. The highest BCUT2D eigenvalue weighted by molar-refractivity contribution is 6.05. The summed E-state index contributed by atoms with van der Waals surface area (Å²) in [5, 5.41) is 5.09. The Morgan fingerprint density at radius 2 is 1.81 bits per heavy atom. The van der Waals surface area contributed by atoms with Crippen molar-refractivity contribution in [3.63, 3.8) is 0 Å². The van der Waals surface area contributed by atoms with Crippen molar-refractivity contribution in [1.29, 1.82) is 0 Å². The molecule has 2 aromatic carbocycles. The first-order valence-corrected chi connectivity index (χ1v) is 6.16. The highest BCUT2D eigenvalue weighted by atomic mass is 19.2. The van der Waals surface area contributed by atoms with E-state index in [4.69, 9.17) is 0 Å². The number of aryl methyl sites for hydroxylation is 1. The molecule has 0 saturated carbocycles. The topological polar surface area (TPSA) is 41.1 Å². The zero-order chi connectivity index (χ0) is 15.6. The zero-order valence-electron chi connectivity index (χ0n) is 11.4. The number of halogens is 3. The number of rotatable bonds is 3. The molecule has 0 aliphatic carbocycles. The van der Waals surface area contributed by atoms with Crippen molar-refractivity contribution in [3.05, 3.63) is 58.9 Å². The third kappa shape index (κ3) is 3.16. The smallest absolute Gasteiger partial charge is 0.256 e. The van der Waals surface area contributed by atoms with Crippen LogP contribution >= 0.6 is 0 Å². The van der Waals surface area contributed by atoms with Gasteiger partial charge in [0.25, 0.3) is 5.91 Å². The number of hydrogen-bond donors (Lipinski definition) is 2. The Morgan fingerprint density at radius 1 is 1.10 bits per heavy atom. The van der Waals surface area contributed by atoms with Crippen LogP contribution in [0.4, 0.5) is 24.5 Å². The highest BCUT2D eigenvalue weighted by Gasteiger charge is 2.15. The van der Waals surface area contributed by atoms with Crippen LogP contribution in [0.5, 0.6) is 0 Å². The van der Waals surface area contributed by atoms with Crippen molar-refractivity contribution < 1.29 is 18.0 Å². The molecule has 0 aliphatic rings. The molecule has 0 saturated heterocycles. The average Bonchev–Trinajstić information content (AvgIpc) is 2.43. The van der Waals surface area contributed by atoms with Gasteiger partial charge in [0.05, 0.1) is 5.69 Å². The summed E-state index contributed by atoms with van der Waals surface area (Å²) >= 11 is 0. The maximum absolute atomic E-state index is 13.5. The van der Waals surface area contributed by atoms with Crippen molar-refractivity contribution in [2.24, 2.45) is 0 Å². The molecule has 2 aromatic rings. The molecular weight excluding hydrogens is 281 g/mol. The number of amides is 1. The lowest BCUT2D eigenvalue weighted by Crippen LogP contribution is -2.15. The van der Waals surface area contributed by atoms with Gasteiger partial charge in [0.1, 0.15) is 5.82 Å². The van der Waals surface area contributed by atoms with E-state index in [0.717, 1.165) is 11.8 Å². The largest absolute Gasteiger partial charge is 0.388 e. The summed E-state index contributed by atoms with van der Waals surface area (Å²) in [5.41, 5.74) is 1.22. The number of anilines is 2. The van der Waals surface area contributed by atoms with Crippen molar-refractivity contribution in [2.45, 2.75) is 6.92 Å². The van der Waals surface area contributed by atoms with Crippen molar-refractivity contribution in [3.8, 4) is 0 Å². The van der Waals surface area contributed by atoms with Gasteiger partial charge in [0, 0.05) is 30.4 Å². The minimum Gasteiger partial charge on any atom is -0.388 e. The second-order valence-corrected chi connectivity index (χ2v) is 4.48. The fourth-order valence-electron chi connectivity index (χ4n) is 1.91. The van der Waals surface area contributed by atoms with Gasteiger partial charge < -0.3 is 10.6 Å². The Kier molecular flexibility index (Phi) is 4.16. The monoisotopic (exact) mass is 294 g/mol. The van der Waals surface area contributed by atoms with E-state index in [9.17, 15) is 18.0 Å². The molecule has 2 N–H and O–H groups in total. The van der Waals surface area contributed by atoms with Crippen LogP contribution in [0.15, 0.2) is 30.3 Å². The highest BCUT2D eigenvalue weighted by Crippen LogP contribution is 2.21. The Labute approximate surface area is 119 Å². The lowest BCUT2D eigenvalue weighted by molar-refractivity contribution is 0.102. The van der Waals surface area contributed by atoms with Gasteiger partial charge >= 0.3 is 0 Å². The first kappa shape index (κ1) is 14.9. The van der Waals surface area contributed by atoms with Crippen LogP contribution in [-0.4, -0.2) is 13.0 Å². The predicted octanol–water partition coefficient (Wildman–Crippen LogP) is 3.71. The van der Waals surface area contributed by atoms with Crippen LogP contribution in [0, 0.1) is 24.4 Å². The lowest BCUT2D eigenvalue weighted by Gasteiger charge is -2.10. The maximum atomic E-state index is 13.5. The first-order chi connectivity index (χ1) is 9.92. The third-order valence-corrected chi connectivity index (χ3v) is 3.00. The van der Waals surface area contributed by atoms with E-state index in [1.165, 1.54) is 0 Å². The fraction of sp³-hybridized carbons (Fsp3) is 0.133. The molecule has 2 rings (SSSR count). The summed E-state index contributed by atoms with van der Waals surface area (Å²) < 4.78 is 39.7. The van der Waals surface area contributed by atoms with Gasteiger partial charge in [-0.15, -0.1) is 0 Å². The minimum atomic E-state index is -1.35. The van der Waals surface area contributed by atoms with E-state index >= 15 is 0 Å². The predicted molar refractivity (Wildman–Crippen MR) is 75.0 cm³/mol. The number of carbonyl (C=O) groups excluding carboxylic acids is 1. The van der Waals surface area contributed by atoms with Crippen LogP contribution in [-0.2, 0) is 0 Å². The molecule has 3 nitrogen and oxygen atoms in total. The average molecular weight is 294 g/mol. The van der Waals surface area contributed by atoms with Gasteiger partial charge in [0.15, 0.2) is 11.6 Å². The van der Waals surface area contributed by atoms with Crippen molar-refractivity contribution >= 4 is 17.3 Å². The van der Waals surface area contributed by atoms with Gasteiger partial charge in [0.2, 0.25) is 0 Å². The van der Waals surface area contributed by atoms with Crippen LogP contribution in [0.25, 0.3) is 0 Å². The molecule has 0 aliphatic heterocycles. The summed E-state index contributed by atoms with van der Waals surface area (Å²) in [6.07, 6.45) is 0. The minimum absolute atomic E-state index is 0.290. The molecule has 0 atom stereocenters. The number of nitrogens with one attached hydrogen (secondary N) is 2. The molecule has 0 unspecified atom stereocenters. The van der Waals surface area contributed by atoms with Gasteiger partial charge in [-0.25, -0.2) is 13.2 Å². The molecule has 0 heterocycles. The van der Waals surface area contributed by atoms with Gasteiger partial charge in [-0.05, 0) is 30.7 Å². The van der Waals surface area contributed by atoms with Crippen LogP contribution in [0.1, 0.15) is 15.9 Å². The van der Waals surface area contributed by atoms with Crippen molar-refractivity contribution in [1.82, 2.24) is 0 Å². The summed E-state index contributed by atoms with van der Waals surface area (Å²) in [6.45, 7) is 1.71. The standard InChI is InChI=1S/C15H13F3N2O/c1-8-5-10(19-2)3-4-11(8)15(21)20-13-7-9(16)6-12(17)14(13)18/h3-7,19H,1-2H3,(H,20,21). The first-order valence-electron chi connectivity index (χ1n) is 6.16. The normalized spacial score (nSPS) is 10.3. The quantitative estimate of drug-likeness (QED) is 0.847. The second kappa shape index (κ2) is 5.87. The Bertz CT molecular complexity index is 702. The molecule has 1 amide bonds. The Hall–Kier alpha value is -2.50. The number of hydrogen-bond acceptors (Lipinski definition) is 2. The zero-order valence-corrected chi connectivity index (χ0v) is 11.4. The molecule has 0 aromatic heterocycles. The summed E-state index contributed by atoms with van der Waals surface area (Å²) in [7, 11) is 1.74. The fourth-order valence-corrected chi connectivity index (χ4v) is 1.91. The summed E-state index contributed by atoms with van der Waals surface area (Å²) in [6, 6.07) is 6.09. The SMILES string of the molecule is CNc1ccc(C(=O)Nc2cc(F)cc(F)c2F)c(C)c1. The summed E-state index contributed by atoms with van der Waals surface area (Å²) in [4.78, 5) is 12.1. The van der Waals surface area contributed by atoms with Gasteiger partial charge in [-0.3, -0.25) is 4.79 Å². The molecule has 0 fully saturated rings. The summed E-state index contributed by atoms with van der Waals surface area (Å²) in [5.74, 6) is -4.26. The van der Waals surface area contributed by atoms with Gasteiger partial charge in [-0.1, -0.05) is 0 Å². The van der Waals surface area contributed by atoms with Crippen LogP contribution < -0.4 is 10.6 Å². The van der Waals surface area contributed by atoms with Crippen molar-refractivity contribution in [2.75, 3.05) is 17.7 Å². The lowest BCUT2D eigenvalue weighted by atomic mass is 10.1. The molecular formula is C15H13F3N2O. The molecule has 6 heteroatoms.